The van der Waals surface area contributed by atoms with Crippen LogP contribution in [0.1, 0.15) is 26.2 Å². The number of likely N-dealkylation sites (tertiary alicyclic amines) is 1. The molecule has 1 N–H and O–H groups in total. The molecule has 0 aliphatic carbocycles. The number of rotatable bonds is 3. The molecule has 2 aliphatic heterocycles. The summed E-state index contributed by atoms with van der Waals surface area (Å²) in [6.07, 6.45) is 2.91. The second kappa shape index (κ2) is 6.50. The topological polar surface area (TPSA) is 53.0 Å². The van der Waals surface area contributed by atoms with Crippen molar-refractivity contribution in [2.75, 3.05) is 39.4 Å². The zero-order chi connectivity index (χ0) is 13.0. The van der Waals surface area contributed by atoms with Crippen LogP contribution in [0.4, 0.5) is 0 Å². The summed E-state index contributed by atoms with van der Waals surface area (Å²) in [5, 5.41) is 9.78. The Morgan fingerprint density at radius 1 is 1.33 bits per heavy atom. The Labute approximate surface area is 109 Å². The quantitative estimate of drug-likeness (QED) is 0.777. The number of hydrogen-bond acceptors (Lipinski definition) is 4. The monoisotopic (exact) mass is 256 g/mol. The Morgan fingerprint density at radius 3 is 2.72 bits per heavy atom. The maximum absolute atomic E-state index is 12.2. The van der Waals surface area contributed by atoms with Gasteiger partial charge in [0.1, 0.15) is 0 Å². The fourth-order valence-corrected chi connectivity index (χ4v) is 2.85. The molecule has 104 valence electrons. The first-order valence-corrected chi connectivity index (χ1v) is 6.96. The minimum absolute atomic E-state index is 0.142. The second-order valence-electron chi connectivity index (χ2n) is 5.27. The number of carbonyl (C=O) groups excluding carboxylic acids is 1. The van der Waals surface area contributed by atoms with Gasteiger partial charge in [-0.2, -0.15) is 0 Å². The van der Waals surface area contributed by atoms with Crippen molar-refractivity contribution in [3.8, 4) is 0 Å². The van der Waals surface area contributed by atoms with Crippen molar-refractivity contribution in [2.45, 2.75) is 38.3 Å². The van der Waals surface area contributed by atoms with Crippen LogP contribution < -0.4 is 0 Å². The van der Waals surface area contributed by atoms with Crippen LogP contribution in [0.3, 0.4) is 0 Å². The van der Waals surface area contributed by atoms with Crippen LogP contribution in [0.2, 0.25) is 0 Å². The van der Waals surface area contributed by atoms with Crippen LogP contribution in [0.5, 0.6) is 0 Å². The maximum atomic E-state index is 12.2. The van der Waals surface area contributed by atoms with Gasteiger partial charge >= 0.3 is 0 Å². The van der Waals surface area contributed by atoms with Crippen molar-refractivity contribution in [2.24, 2.45) is 0 Å². The highest BCUT2D eigenvalue weighted by Crippen LogP contribution is 2.19. The van der Waals surface area contributed by atoms with E-state index >= 15 is 0 Å². The van der Waals surface area contributed by atoms with E-state index in [1.807, 2.05) is 11.8 Å². The van der Waals surface area contributed by atoms with Crippen molar-refractivity contribution >= 4 is 5.91 Å². The number of morpholine rings is 1. The molecule has 0 aromatic heterocycles. The van der Waals surface area contributed by atoms with Gasteiger partial charge in [0.15, 0.2) is 0 Å². The molecule has 0 aromatic carbocycles. The van der Waals surface area contributed by atoms with Gasteiger partial charge in [-0.15, -0.1) is 0 Å². The average molecular weight is 256 g/mol. The number of ether oxygens (including phenoxy) is 1. The third-order valence-electron chi connectivity index (χ3n) is 3.92. The largest absolute Gasteiger partial charge is 0.392 e. The Balaban J connectivity index is 1.87. The molecule has 2 rings (SSSR count). The highest BCUT2D eigenvalue weighted by Gasteiger charge is 2.29. The lowest BCUT2D eigenvalue weighted by Crippen LogP contribution is -2.52. The lowest BCUT2D eigenvalue weighted by molar-refractivity contribution is -0.138. The van der Waals surface area contributed by atoms with Gasteiger partial charge < -0.3 is 14.7 Å². The number of hydrogen-bond donors (Lipinski definition) is 1. The number of carbonyl (C=O) groups is 1. The van der Waals surface area contributed by atoms with Gasteiger partial charge in [-0.05, 0) is 26.3 Å². The highest BCUT2D eigenvalue weighted by molar-refractivity contribution is 5.78. The van der Waals surface area contributed by atoms with Crippen LogP contribution >= 0.6 is 0 Å². The van der Waals surface area contributed by atoms with Gasteiger partial charge in [0.2, 0.25) is 5.91 Å². The smallest absolute Gasteiger partial charge is 0.236 e. The van der Waals surface area contributed by atoms with E-state index in [4.69, 9.17) is 4.74 Å². The van der Waals surface area contributed by atoms with E-state index in [1.54, 1.807) is 0 Å². The Bertz CT molecular complexity index is 277. The molecule has 0 radical (unpaired) electrons. The SMILES string of the molecule is CC(O)C1CCCCN1CC(=O)N1CCOCC1. The molecule has 2 heterocycles. The zero-order valence-electron chi connectivity index (χ0n) is 11.2. The Kier molecular flexibility index (Phi) is 4.97. The van der Waals surface area contributed by atoms with Crippen LogP contribution in [-0.4, -0.2) is 72.4 Å². The van der Waals surface area contributed by atoms with Crippen molar-refractivity contribution in [1.29, 1.82) is 0 Å². The van der Waals surface area contributed by atoms with Crippen molar-refractivity contribution in [3.05, 3.63) is 0 Å². The molecule has 1 amide bonds. The van der Waals surface area contributed by atoms with E-state index in [2.05, 4.69) is 4.90 Å². The van der Waals surface area contributed by atoms with Gasteiger partial charge in [-0.1, -0.05) is 6.42 Å². The average Bonchev–Trinajstić information content (AvgIpc) is 2.40. The molecule has 2 fully saturated rings. The summed E-state index contributed by atoms with van der Waals surface area (Å²) in [6, 6.07) is 0.142. The van der Waals surface area contributed by atoms with Crippen LogP contribution in [-0.2, 0) is 9.53 Å². The molecule has 0 spiro atoms. The van der Waals surface area contributed by atoms with E-state index in [0.29, 0.717) is 32.8 Å². The van der Waals surface area contributed by atoms with Crippen LogP contribution in [0, 0.1) is 0 Å². The maximum Gasteiger partial charge on any atom is 0.236 e. The van der Waals surface area contributed by atoms with Crippen LogP contribution in [0.25, 0.3) is 0 Å². The van der Waals surface area contributed by atoms with E-state index in [-0.39, 0.29) is 18.1 Å². The minimum atomic E-state index is -0.359. The van der Waals surface area contributed by atoms with E-state index in [1.165, 1.54) is 0 Å². The summed E-state index contributed by atoms with van der Waals surface area (Å²) in [6.45, 7) is 5.87. The summed E-state index contributed by atoms with van der Waals surface area (Å²) < 4.78 is 5.25. The lowest BCUT2D eigenvalue weighted by atomic mass is 9.98. The number of amides is 1. The molecule has 2 unspecified atom stereocenters. The number of nitrogens with zero attached hydrogens (tertiary/aromatic N) is 2. The number of aliphatic hydroxyl groups is 1. The molecule has 2 saturated heterocycles. The van der Waals surface area contributed by atoms with E-state index < -0.39 is 0 Å². The summed E-state index contributed by atoms with van der Waals surface area (Å²) in [5.74, 6) is 0.172. The predicted molar refractivity (Wildman–Crippen MR) is 68.3 cm³/mol. The summed E-state index contributed by atoms with van der Waals surface area (Å²) in [4.78, 5) is 16.2. The van der Waals surface area contributed by atoms with Crippen molar-refractivity contribution < 1.29 is 14.6 Å². The predicted octanol–water partition coefficient (Wildman–Crippen LogP) is 0.0805. The fraction of sp³-hybridized carbons (Fsp3) is 0.923. The molecule has 5 heteroatoms. The van der Waals surface area contributed by atoms with Crippen molar-refractivity contribution in [1.82, 2.24) is 9.80 Å². The summed E-state index contributed by atoms with van der Waals surface area (Å²) >= 11 is 0. The molecule has 0 bridgehead atoms. The van der Waals surface area contributed by atoms with Gasteiger partial charge in [0.05, 0.1) is 25.9 Å². The van der Waals surface area contributed by atoms with Crippen LogP contribution in [0.15, 0.2) is 0 Å². The van der Waals surface area contributed by atoms with Gasteiger partial charge in [0, 0.05) is 19.1 Å². The Morgan fingerprint density at radius 2 is 2.06 bits per heavy atom. The molecule has 0 saturated carbocycles. The molecule has 18 heavy (non-hydrogen) atoms. The standard InChI is InChI=1S/C13H24N2O3/c1-11(16)12-4-2-3-5-15(12)10-13(17)14-6-8-18-9-7-14/h11-12,16H,2-10H2,1H3. The number of aliphatic hydroxyl groups excluding tert-OH is 1. The molecule has 2 aliphatic rings. The van der Waals surface area contributed by atoms with Gasteiger partial charge in [0.25, 0.3) is 0 Å². The molecule has 5 nitrogen and oxygen atoms in total. The highest BCUT2D eigenvalue weighted by atomic mass is 16.5. The Hall–Kier alpha value is -0.650. The zero-order valence-corrected chi connectivity index (χ0v) is 11.2. The van der Waals surface area contributed by atoms with E-state index in [0.717, 1.165) is 25.8 Å². The third-order valence-corrected chi connectivity index (χ3v) is 3.92. The molecular weight excluding hydrogens is 232 g/mol. The summed E-state index contributed by atoms with van der Waals surface area (Å²) in [7, 11) is 0. The normalized spacial score (nSPS) is 28.1. The minimum Gasteiger partial charge on any atom is -0.392 e. The lowest BCUT2D eigenvalue weighted by Gasteiger charge is -2.38. The molecular formula is C13H24N2O3. The molecule has 2 atom stereocenters. The molecule has 0 aromatic rings. The first-order chi connectivity index (χ1) is 8.68. The first-order valence-electron chi connectivity index (χ1n) is 6.96. The van der Waals surface area contributed by atoms with E-state index in [9.17, 15) is 9.90 Å². The van der Waals surface area contributed by atoms with Gasteiger partial charge in [-0.25, -0.2) is 0 Å². The summed E-state index contributed by atoms with van der Waals surface area (Å²) in [5.41, 5.74) is 0. The fourth-order valence-electron chi connectivity index (χ4n) is 2.85. The van der Waals surface area contributed by atoms with Gasteiger partial charge in [-0.3, -0.25) is 9.69 Å². The second-order valence-corrected chi connectivity index (χ2v) is 5.27. The first kappa shape index (κ1) is 13.8. The van der Waals surface area contributed by atoms with Crippen molar-refractivity contribution in [3.63, 3.8) is 0 Å². The number of piperidine rings is 1. The third kappa shape index (κ3) is 3.43.